The summed E-state index contributed by atoms with van der Waals surface area (Å²) in [5.41, 5.74) is 0. The number of rotatable bonds is 1. The van der Waals surface area contributed by atoms with Crippen LogP contribution in [0.15, 0.2) is 0 Å². The van der Waals surface area contributed by atoms with Gasteiger partial charge in [-0.1, -0.05) is 6.92 Å². The Hall–Kier alpha value is -0.370. The Morgan fingerprint density at radius 2 is 2.09 bits per heavy atom. The van der Waals surface area contributed by atoms with Crippen molar-refractivity contribution in [3.05, 3.63) is 0 Å². The molecule has 0 radical (unpaired) electrons. The van der Waals surface area contributed by atoms with Crippen LogP contribution >= 0.6 is 0 Å². The second kappa shape index (κ2) is 3.35. The van der Waals surface area contributed by atoms with E-state index >= 15 is 0 Å². The molecular formula is C9H17NO. The number of carbonyl (C=O) groups is 1. The van der Waals surface area contributed by atoms with Crippen molar-refractivity contribution in [3.8, 4) is 0 Å². The van der Waals surface area contributed by atoms with E-state index in [-0.39, 0.29) is 5.92 Å². The number of nitrogens with zero attached hydrogens (tertiary/aromatic N) is 1. The maximum absolute atomic E-state index is 11.1. The molecule has 2 unspecified atom stereocenters. The SMILES string of the molecule is CC1CC(N(C)C)CCC1=O. The fourth-order valence-electron chi connectivity index (χ4n) is 1.68. The van der Waals surface area contributed by atoms with E-state index in [9.17, 15) is 4.79 Å². The molecule has 0 aromatic rings. The summed E-state index contributed by atoms with van der Waals surface area (Å²) < 4.78 is 0. The molecule has 0 bridgehead atoms. The summed E-state index contributed by atoms with van der Waals surface area (Å²) in [5, 5.41) is 0. The molecule has 0 spiro atoms. The van der Waals surface area contributed by atoms with E-state index in [0.717, 1.165) is 19.3 Å². The summed E-state index contributed by atoms with van der Waals surface area (Å²) in [6.07, 6.45) is 2.88. The lowest BCUT2D eigenvalue weighted by atomic mass is 9.85. The van der Waals surface area contributed by atoms with Crippen molar-refractivity contribution in [2.24, 2.45) is 5.92 Å². The molecule has 0 aromatic heterocycles. The van der Waals surface area contributed by atoms with Gasteiger partial charge in [-0.25, -0.2) is 0 Å². The number of Topliss-reactive ketones (excluding diaryl/α,β-unsaturated/α-hetero) is 1. The first-order valence-electron chi connectivity index (χ1n) is 4.30. The van der Waals surface area contributed by atoms with Gasteiger partial charge in [0.1, 0.15) is 5.78 Å². The summed E-state index contributed by atoms with van der Waals surface area (Å²) in [6.45, 7) is 2.04. The molecule has 2 heteroatoms. The predicted molar refractivity (Wildman–Crippen MR) is 45.5 cm³/mol. The molecule has 0 aromatic carbocycles. The zero-order chi connectivity index (χ0) is 8.43. The molecule has 0 saturated heterocycles. The first-order valence-corrected chi connectivity index (χ1v) is 4.30. The van der Waals surface area contributed by atoms with E-state index in [1.807, 2.05) is 6.92 Å². The lowest BCUT2D eigenvalue weighted by molar-refractivity contribution is -0.125. The molecule has 1 rings (SSSR count). The normalized spacial score (nSPS) is 32.9. The fourth-order valence-corrected chi connectivity index (χ4v) is 1.68. The third-order valence-corrected chi connectivity index (χ3v) is 2.63. The Labute approximate surface area is 68.6 Å². The topological polar surface area (TPSA) is 20.3 Å². The molecule has 1 saturated carbocycles. The van der Waals surface area contributed by atoms with Crippen molar-refractivity contribution in [2.75, 3.05) is 14.1 Å². The van der Waals surface area contributed by atoms with Crippen molar-refractivity contribution in [1.29, 1.82) is 0 Å². The van der Waals surface area contributed by atoms with Gasteiger partial charge in [0.15, 0.2) is 0 Å². The quantitative estimate of drug-likeness (QED) is 0.569. The Morgan fingerprint density at radius 1 is 1.45 bits per heavy atom. The number of hydrogen-bond donors (Lipinski definition) is 0. The summed E-state index contributed by atoms with van der Waals surface area (Å²) in [5.74, 6) is 0.735. The van der Waals surface area contributed by atoms with Crippen molar-refractivity contribution < 1.29 is 4.79 Å². The summed E-state index contributed by atoms with van der Waals surface area (Å²) in [7, 11) is 4.18. The molecule has 0 N–H and O–H groups in total. The largest absolute Gasteiger partial charge is 0.306 e. The highest BCUT2D eigenvalue weighted by Crippen LogP contribution is 2.23. The molecule has 1 fully saturated rings. The predicted octanol–water partition coefficient (Wildman–Crippen LogP) is 1.31. The van der Waals surface area contributed by atoms with Crippen LogP contribution in [0.5, 0.6) is 0 Å². The zero-order valence-corrected chi connectivity index (χ0v) is 7.63. The van der Waals surface area contributed by atoms with Crippen LogP contribution in [0.3, 0.4) is 0 Å². The molecule has 2 atom stereocenters. The summed E-state index contributed by atoms with van der Waals surface area (Å²) >= 11 is 0. The van der Waals surface area contributed by atoms with Gasteiger partial charge in [-0.3, -0.25) is 4.79 Å². The van der Waals surface area contributed by atoms with E-state index < -0.39 is 0 Å². The van der Waals surface area contributed by atoms with E-state index in [2.05, 4.69) is 19.0 Å². The fraction of sp³-hybridized carbons (Fsp3) is 0.889. The Kier molecular flexibility index (Phi) is 2.66. The number of ketones is 1. The molecule has 2 nitrogen and oxygen atoms in total. The van der Waals surface area contributed by atoms with E-state index in [1.54, 1.807) is 0 Å². The van der Waals surface area contributed by atoms with Crippen molar-refractivity contribution in [2.45, 2.75) is 32.2 Å². The van der Waals surface area contributed by atoms with Crippen molar-refractivity contribution in [3.63, 3.8) is 0 Å². The second-order valence-corrected chi connectivity index (χ2v) is 3.76. The minimum absolute atomic E-state index is 0.288. The van der Waals surface area contributed by atoms with Crippen molar-refractivity contribution >= 4 is 5.78 Å². The molecular weight excluding hydrogens is 138 g/mol. The van der Waals surface area contributed by atoms with Crippen molar-refractivity contribution in [1.82, 2.24) is 4.90 Å². The lowest BCUT2D eigenvalue weighted by Crippen LogP contribution is -2.36. The van der Waals surface area contributed by atoms with Crippen LogP contribution in [0.1, 0.15) is 26.2 Å². The van der Waals surface area contributed by atoms with Gasteiger partial charge in [0, 0.05) is 18.4 Å². The number of hydrogen-bond acceptors (Lipinski definition) is 2. The Morgan fingerprint density at radius 3 is 2.55 bits per heavy atom. The highest BCUT2D eigenvalue weighted by Gasteiger charge is 2.25. The molecule has 11 heavy (non-hydrogen) atoms. The summed E-state index contributed by atoms with van der Waals surface area (Å²) in [6, 6.07) is 0.627. The molecule has 64 valence electrons. The molecule has 1 aliphatic rings. The smallest absolute Gasteiger partial charge is 0.135 e. The molecule has 0 amide bonds. The van der Waals surface area contributed by atoms with E-state index in [4.69, 9.17) is 0 Å². The van der Waals surface area contributed by atoms with Crippen LogP contribution in [0.2, 0.25) is 0 Å². The Bertz CT molecular complexity index is 154. The second-order valence-electron chi connectivity index (χ2n) is 3.76. The van der Waals surface area contributed by atoms with E-state index in [0.29, 0.717) is 11.8 Å². The Balaban J connectivity index is 2.46. The highest BCUT2D eigenvalue weighted by molar-refractivity contribution is 5.81. The monoisotopic (exact) mass is 155 g/mol. The van der Waals surface area contributed by atoms with E-state index in [1.165, 1.54) is 0 Å². The molecule has 0 heterocycles. The average Bonchev–Trinajstić information content (AvgIpc) is 1.94. The standard InChI is InChI=1S/C9H17NO/c1-7-6-8(10(2)3)4-5-9(7)11/h7-8H,4-6H2,1-3H3. The van der Waals surface area contributed by atoms with Crippen LogP contribution in [-0.2, 0) is 4.79 Å². The van der Waals surface area contributed by atoms with Crippen LogP contribution in [-0.4, -0.2) is 30.8 Å². The average molecular weight is 155 g/mol. The third kappa shape index (κ3) is 2.03. The molecule has 1 aliphatic carbocycles. The maximum atomic E-state index is 11.1. The van der Waals surface area contributed by atoms with Gasteiger partial charge in [-0.2, -0.15) is 0 Å². The van der Waals surface area contributed by atoms with Gasteiger partial charge in [-0.15, -0.1) is 0 Å². The minimum Gasteiger partial charge on any atom is -0.306 e. The molecule has 0 aliphatic heterocycles. The first-order chi connectivity index (χ1) is 5.11. The van der Waals surface area contributed by atoms with Crippen LogP contribution in [0.4, 0.5) is 0 Å². The maximum Gasteiger partial charge on any atom is 0.135 e. The summed E-state index contributed by atoms with van der Waals surface area (Å²) in [4.78, 5) is 13.4. The van der Waals surface area contributed by atoms with Gasteiger partial charge < -0.3 is 4.90 Å². The lowest BCUT2D eigenvalue weighted by Gasteiger charge is -2.30. The zero-order valence-electron chi connectivity index (χ0n) is 7.63. The van der Waals surface area contributed by atoms with Crippen LogP contribution in [0.25, 0.3) is 0 Å². The first kappa shape index (κ1) is 8.72. The van der Waals surface area contributed by atoms with Gasteiger partial charge in [0.05, 0.1) is 0 Å². The number of carbonyl (C=O) groups excluding carboxylic acids is 1. The van der Waals surface area contributed by atoms with Crippen LogP contribution < -0.4 is 0 Å². The van der Waals surface area contributed by atoms with Crippen LogP contribution in [0, 0.1) is 5.92 Å². The highest BCUT2D eigenvalue weighted by atomic mass is 16.1. The van der Waals surface area contributed by atoms with Gasteiger partial charge in [-0.05, 0) is 26.9 Å². The minimum atomic E-state index is 0.288. The van der Waals surface area contributed by atoms with Gasteiger partial charge in [0.25, 0.3) is 0 Å². The third-order valence-electron chi connectivity index (χ3n) is 2.63. The van der Waals surface area contributed by atoms with Gasteiger partial charge in [0.2, 0.25) is 0 Å². The van der Waals surface area contributed by atoms with Gasteiger partial charge >= 0.3 is 0 Å².